The predicted octanol–water partition coefficient (Wildman–Crippen LogP) is 3.14. The second-order valence-corrected chi connectivity index (χ2v) is 7.49. The van der Waals surface area contributed by atoms with Crippen LogP contribution < -0.4 is 14.8 Å². The van der Waals surface area contributed by atoms with Crippen molar-refractivity contribution in [1.29, 1.82) is 0 Å². The molecule has 142 valence electrons. The minimum absolute atomic E-state index is 0.0404. The molecule has 1 saturated heterocycles. The standard InChI is InChI=1S/C20H28N2O4/c1-14(11-15-7-8-16(25-2)17(12-15)26-3)13-22-18(23)20(21-19(22)24)9-5-4-6-10-20/h7-8,12,14H,4-6,9-11,13H2,1-3H3,(H,21,24)/t14-/m0/s1. The van der Waals surface area contributed by atoms with E-state index in [4.69, 9.17) is 9.47 Å². The maximum Gasteiger partial charge on any atom is 0.325 e. The van der Waals surface area contributed by atoms with Crippen LogP contribution in [-0.2, 0) is 11.2 Å². The van der Waals surface area contributed by atoms with Gasteiger partial charge in [0.25, 0.3) is 5.91 Å². The number of methoxy groups -OCH3 is 2. The molecule has 6 nitrogen and oxygen atoms in total. The van der Waals surface area contributed by atoms with E-state index in [9.17, 15) is 9.59 Å². The molecule has 1 saturated carbocycles. The Morgan fingerprint density at radius 2 is 1.81 bits per heavy atom. The highest BCUT2D eigenvalue weighted by molar-refractivity contribution is 6.07. The molecule has 2 fully saturated rings. The van der Waals surface area contributed by atoms with E-state index in [2.05, 4.69) is 12.2 Å². The summed E-state index contributed by atoms with van der Waals surface area (Å²) >= 11 is 0. The van der Waals surface area contributed by atoms with Gasteiger partial charge in [-0.25, -0.2) is 4.79 Å². The van der Waals surface area contributed by atoms with Crippen LogP contribution >= 0.6 is 0 Å². The highest BCUT2D eigenvalue weighted by atomic mass is 16.5. The van der Waals surface area contributed by atoms with E-state index in [1.54, 1.807) is 14.2 Å². The van der Waals surface area contributed by atoms with Gasteiger partial charge in [0.15, 0.2) is 11.5 Å². The molecule has 3 amide bonds. The number of ether oxygens (including phenoxy) is 2. The number of carbonyl (C=O) groups excluding carboxylic acids is 2. The van der Waals surface area contributed by atoms with Gasteiger partial charge < -0.3 is 14.8 Å². The van der Waals surface area contributed by atoms with Crippen molar-refractivity contribution in [3.05, 3.63) is 23.8 Å². The van der Waals surface area contributed by atoms with E-state index in [-0.39, 0.29) is 17.9 Å². The average Bonchev–Trinajstić information content (AvgIpc) is 2.86. The van der Waals surface area contributed by atoms with Crippen LogP contribution in [0.3, 0.4) is 0 Å². The second kappa shape index (κ2) is 7.56. The summed E-state index contributed by atoms with van der Waals surface area (Å²) in [7, 11) is 3.22. The molecular formula is C20H28N2O4. The molecule has 1 aromatic carbocycles. The van der Waals surface area contributed by atoms with Gasteiger partial charge in [0.2, 0.25) is 0 Å². The van der Waals surface area contributed by atoms with Gasteiger partial charge >= 0.3 is 6.03 Å². The van der Waals surface area contributed by atoms with E-state index in [1.165, 1.54) is 4.90 Å². The van der Waals surface area contributed by atoms with Crippen molar-refractivity contribution in [1.82, 2.24) is 10.2 Å². The Morgan fingerprint density at radius 1 is 1.12 bits per heavy atom. The molecule has 0 radical (unpaired) electrons. The van der Waals surface area contributed by atoms with Gasteiger partial charge in [0.05, 0.1) is 14.2 Å². The monoisotopic (exact) mass is 360 g/mol. The van der Waals surface area contributed by atoms with Crippen molar-refractivity contribution in [2.75, 3.05) is 20.8 Å². The van der Waals surface area contributed by atoms with E-state index in [1.807, 2.05) is 18.2 Å². The van der Waals surface area contributed by atoms with Crippen LogP contribution in [-0.4, -0.2) is 43.1 Å². The second-order valence-electron chi connectivity index (χ2n) is 7.49. The first-order valence-corrected chi connectivity index (χ1v) is 9.34. The number of nitrogens with zero attached hydrogens (tertiary/aromatic N) is 1. The summed E-state index contributed by atoms with van der Waals surface area (Å²) in [6, 6.07) is 5.58. The van der Waals surface area contributed by atoms with E-state index >= 15 is 0 Å². The Balaban J connectivity index is 1.65. The Labute approximate surface area is 154 Å². The first-order chi connectivity index (χ1) is 12.5. The summed E-state index contributed by atoms with van der Waals surface area (Å²) in [5, 5.41) is 2.97. The molecule has 6 heteroatoms. The number of benzene rings is 1. The van der Waals surface area contributed by atoms with Crippen molar-refractivity contribution in [2.45, 2.75) is 51.0 Å². The van der Waals surface area contributed by atoms with Crippen LogP contribution in [0, 0.1) is 5.92 Å². The van der Waals surface area contributed by atoms with Crippen LogP contribution in [0.25, 0.3) is 0 Å². The van der Waals surface area contributed by atoms with Crippen molar-refractivity contribution in [2.24, 2.45) is 5.92 Å². The van der Waals surface area contributed by atoms with Gasteiger partial charge in [-0.15, -0.1) is 0 Å². The number of hydrogen-bond acceptors (Lipinski definition) is 4. The van der Waals surface area contributed by atoms with Gasteiger partial charge in [-0.3, -0.25) is 9.69 Å². The molecule has 1 heterocycles. The molecule has 1 aromatic rings. The highest BCUT2D eigenvalue weighted by Crippen LogP contribution is 2.34. The van der Waals surface area contributed by atoms with Crippen LogP contribution in [0.15, 0.2) is 18.2 Å². The molecule has 1 spiro atoms. The topological polar surface area (TPSA) is 67.9 Å². The summed E-state index contributed by atoms with van der Waals surface area (Å²) in [6.07, 6.45) is 5.42. The van der Waals surface area contributed by atoms with E-state index in [0.29, 0.717) is 18.0 Å². The highest BCUT2D eigenvalue weighted by Gasteiger charge is 2.51. The van der Waals surface area contributed by atoms with Crippen molar-refractivity contribution in [3.8, 4) is 11.5 Å². The molecule has 2 aliphatic rings. The molecule has 1 N–H and O–H groups in total. The maximum atomic E-state index is 12.9. The fraction of sp³-hybridized carbons (Fsp3) is 0.600. The van der Waals surface area contributed by atoms with Gasteiger partial charge in [0, 0.05) is 6.54 Å². The molecular weight excluding hydrogens is 332 g/mol. The summed E-state index contributed by atoms with van der Waals surface area (Å²) in [5.74, 6) is 1.49. The lowest BCUT2D eigenvalue weighted by Crippen LogP contribution is -2.48. The minimum Gasteiger partial charge on any atom is -0.493 e. The zero-order chi connectivity index (χ0) is 18.7. The van der Waals surface area contributed by atoms with E-state index < -0.39 is 5.54 Å². The van der Waals surface area contributed by atoms with Gasteiger partial charge in [-0.05, 0) is 42.9 Å². The summed E-state index contributed by atoms with van der Waals surface area (Å²) < 4.78 is 10.6. The lowest BCUT2D eigenvalue weighted by Gasteiger charge is -2.30. The van der Waals surface area contributed by atoms with Crippen LogP contribution in [0.4, 0.5) is 4.79 Å². The van der Waals surface area contributed by atoms with Crippen LogP contribution in [0.1, 0.15) is 44.6 Å². The zero-order valence-electron chi connectivity index (χ0n) is 15.8. The molecule has 0 bridgehead atoms. The number of urea groups is 1. The predicted molar refractivity (Wildman–Crippen MR) is 98.5 cm³/mol. The Bertz CT molecular complexity index is 682. The fourth-order valence-corrected chi connectivity index (χ4v) is 4.12. The average molecular weight is 360 g/mol. The minimum atomic E-state index is -0.640. The summed E-state index contributed by atoms with van der Waals surface area (Å²) in [4.78, 5) is 26.7. The largest absolute Gasteiger partial charge is 0.493 e. The van der Waals surface area contributed by atoms with Gasteiger partial charge in [-0.1, -0.05) is 32.3 Å². The fourth-order valence-electron chi connectivity index (χ4n) is 4.12. The van der Waals surface area contributed by atoms with Gasteiger partial charge in [-0.2, -0.15) is 0 Å². The number of carbonyl (C=O) groups is 2. The molecule has 1 aliphatic carbocycles. The Hall–Kier alpha value is -2.24. The molecule has 26 heavy (non-hydrogen) atoms. The summed E-state index contributed by atoms with van der Waals surface area (Å²) in [5.41, 5.74) is 0.452. The normalized spacial score (nSPS) is 20.2. The quantitative estimate of drug-likeness (QED) is 0.792. The molecule has 3 rings (SSSR count). The van der Waals surface area contributed by atoms with Crippen molar-refractivity contribution >= 4 is 11.9 Å². The van der Waals surface area contributed by atoms with Crippen LogP contribution in [0.2, 0.25) is 0 Å². The number of hydrogen-bond donors (Lipinski definition) is 1. The number of amides is 3. The maximum absolute atomic E-state index is 12.9. The molecule has 0 aromatic heterocycles. The third kappa shape index (κ3) is 3.50. The van der Waals surface area contributed by atoms with Crippen molar-refractivity contribution in [3.63, 3.8) is 0 Å². The third-order valence-corrected chi connectivity index (χ3v) is 5.48. The number of nitrogens with one attached hydrogen (secondary N) is 1. The van der Waals surface area contributed by atoms with Crippen molar-refractivity contribution < 1.29 is 19.1 Å². The first kappa shape index (κ1) is 18.5. The smallest absolute Gasteiger partial charge is 0.325 e. The van der Waals surface area contributed by atoms with Gasteiger partial charge in [0.1, 0.15) is 5.54 Å². The Morgan fingerprint density at radius 3 is 2.46 bits per heavy atom. The first-order valence-electron chi connectivity index (χ1n) is 9.34. The van der Waals surface area contributed by atoms with Crippen LogP contribution in [0.5, 0.6) is 11.5 Å². The number of imide groups is 1. The molecule has 1 atom stereocenters. The lowest BCUT2D eigenvalue weighted by atomic mass is 9.81. The molecule has 1 aliphatic heterocycles. The van der Waals surface area contributed by atoms with E-state index in [0.717, 1.165) is 44.1 Å². The zero-order valence-corrected chi connectivity index (χ0v) is 15.8. The molecule has 0 unspecified atom stereocenters. The Kier molecular flexibility index (Phi) is 5.39. The SMILES string of the molecule is COc1ccc(C[C@H](C)CN2C(=O)NC3(CCCCC3)C2=O)cc1OC. The summed E-state index contributed by atoms with van der Waals surface area (Å²) in [6.45, 7) is 2.49. The third-order valence-electron chi connectivity index (χ3n) is 5.48. The lowest BCUT2D eigenvalue weighted by molar-refractivity contribution is -0.132. The number of rotatable bonds is 6.